The van der Waals surface area contributed by atoms with Gasteiger partial charge < -0.3 is 35.1 Å². The Bertz CT molecular complexity index is 619. The average molecular weight is 1710 g/mol. The number of esters is 1. The van der Waals surface area contributed by atoms with Gasteiger partial charge in [0.15, 0.2) is 0 Å². The van der Waals surface area contributed by atoms with Crippen LogP contribution in [0.1, 0.15) is 72.1 Å². The van der Waals surface area contributed by atoms with E-state index < -0.39 is 0 Å². The van der Waals surface area contributed by atoms with Crippen LogP contribution in [0.15, 0.2) is 30.4 Å². The number of methoxy groups -OCH3 is 1. The molecule has 1 aliphatic carbocycles. The summed E-state index contributed by atoms with van der Waals surface area (Å²) >= 11 is 0. The summed E-state index contributed by atoms with van der Waals surface area (Å²) in [6.45, 7) is 6.27. The molecule has 0 aliphatic heterocycles. The summed E-state index contributed by atoms with van der Waals surface area (Å²) in [6.07, 6.45) is 34.1. The minimum atomic E-state index is -0.206. The minimum absolute atomic E-state index is 0. The van der Waals surface area contributed by atoms with Gasteiger partial charge in [-0.05, 0) is 11.3 Å². The van der Waals surface area contributed by atoms with Gasteiger partial charge in [-0.1, -0.05) is 40.0 Å². The van der Waals surface area contributed by atoms with Gasteiger partial charge in [0.25, 0.3) is 0 Å². The van der Waals surface area contributed by atoms with Gasteiger partial charge in [0, 0.05) is 491 Å². The zero-order valence-electron chi connectivity index (χ0n) is 26.7. The van der Waals surface area contributed by atoms with E-state index in [-0.39, 0.29) is 514 Å². The van der Waals surface area contributed by atoms with Gasteiger partial charge in [-0.15, -0.1) is 0 Å². The fourth-order valence-electron chi connectivity index (χ4n) is 3.22. The van der Waals surface area contributed by atoms with E-state index >= 15 is 0 Å². The van der Waals surface area contributed by atoms with Crippen LogP contribution in [0.5, 0.6) is 0 Å². The van der Waals surface area contributed by atoms with Crippen molar-refractivity contribution in [3.63, 3.8) is 0 Å². The second-order valence-electron chi connectivity index (χ2n) is 7.16. The third-order valence-electron chi connectivity index (χ3n) is 4.94. The van der Waals surface area contributed by atoms with Crippen LogP contribution in [0.3, 0.4) is 0 Å². The van der Waals surface area contributed by atoms with Gasteiger partial charge in [0.05, 0.1) is 13.0 Å². The summed E-state index contributed by atoms with van der Waals surface area (Å²) in [7, 11) is 1.46. The van der Waals surface area contributed by atoms with Crippen molar-refractivity contribution in [1.29, 1.82) is 0 Å². The maximum atomic E-state index is 12.1. The van der Waals surface area contributed by atoms with Crippen LogP contribution in [0.2, 0.25) is 0 Å². The Balaban J connectivity index is -0.0000000402. The number of hydrogen-bond acceptors (Lipinski definition) is 2. The Labute approximate surface area is 643 Å². The number of ether oxygens (including phenoxy) is 1. The van der Waals surface area contributed by atoms with E-state index in [9.17, 15) is 4.79 Å². The second-order valence-corrected chi connectivity index (χ2v) is 7.16. The second kappa shape index (κ2) is 74.2. The fourth-order valence-corrected chi connectivity index (χ4v) is 3.22. The number of unbranched alkanes of at least 4 members (excludes halogenated alkanes) is 3. The molecule has 0 amide bonds. The zero-order chi connectivity index (χ0) is 20.7. The molecule has 1 fully saturated rings. The molecule has 0 aromatic carbocycles. The largest absolute Gasteiger partial charge is 0.501 e. The molecule has 17 heteroatoms. The van der Waals surface area contributed by atoms with E-state index in [2.05, 4.69) is 81.5 Å². The predicted octanol–water partition coefficient (Wildman–Crippen LogP) is 6.33. The van der Waals surface area contributed by atoms with E-state index in [4.69, 9.17) is 4.74 Å². The normalized spacial score (nSPS) is 16.4. The molecule has 2 nitrogen and oxygen atoms in total. The first-order valence-electron chi connectivity index (χ1n) is 10.5. The number of carbonyl (C=O) groups excluding carboxylic acids is 1. The van der Waals surface area contributed by atoms with Crippen LogP contribution in [0, 0.1) is 47.6 Å². The van der Waals surface area contributed by atoms with Crippen LogP contribution in [0.25, 0.3) is 0 Å². The summed E-state index contributed by atoms with van der Waals surface area (Å²) in [5.74, 6) is -0.125. The summed E-state index contributed by atoms with van der Waals surface area (Å²) in [4.78, 5) is 12.1. The predicted molar refractivity (Wildman–Crippen MR) is 114 cm³/mol. The minimum Gasteiger partial charge on any atom is -0.501 e. The van der Waals surface area contributed by atoms with E-state index in [1.54, 1.807) is 0 Å². The van der Waals surface area contributed by atoms with Crippen molar-refractivity contribution in [3.8, 4) is 0 Å². The SMILES string of the molecule is CC[C-]=CCC[C-]=CCC[C-]=CC1C(C(=O)OC)C1(C)C=[C-]CCC=[C-]CC.[Y].[Y].[Y].[Y].[Y].[Y].[Y].[Y].[Y].[Y].[Y].[Y].[Y].[Y].[Y]. The molecule has 201 valence electrons. The summed E-state index contributed by atoms with van der Waals surface area (Å²) in [6, 6.07) is 0. The van der Waals surface area contributed by atoms with Crippen molar-refractivity contribution in [3.05, 3.63) is 60.8 Å². The zero-order valence-corrected chi connectivity index (χ0v) is 69.2. The van der Waals surface area contributed by atoms with Gasteiger partial charge in [0.2, 0.25) is 0 Å². The van der Waals surface area contributed by atoms with Crippen molar-refractivity contribution in [2.24, 2.45) is 17.3 Å². The molecule has 1 saturated carbocycles. The Hall–Kier alpha value is 14.7. The third kappa shape index (κ3) is 54.7. The van der Waals surface area contributed by atoms with Crippen LogP contribution in [-0.4, -0.2) is 13.1 Å². The molecule has 15 radical (unpaired) electrons. The number of allylic oxidation sites excluding steroid dienone is 10. The number of carbonyl (C=O) groups is 1. The van der Waals surface area contributed by atoms with Crippen molar-refractivity contribution in [1.82, 2.24) is 0 Å². The molecule has 3 unspecified atom stereocenters. The van der Waals surface area contributed by atoms with Gasteiger partial charge in [-0.25, -0.2) is 0 Å². The molecule has 0 spiro atoms. The number of hydrogen-bond donors (Lipinski definition) is 0. The third-order valence-corrected chi connectivity index (χ3v) is 4.94. The smallest absolute Gasteiger partial charge is 0.309 e. The Morgan fingerprint density at radius 2 is 0.953 bits per heavy atom. The van der Waals surface area contributed by atoms with Gasteiger partial charge in [-0.2, -0.15) is 32.1 Å². The molecule has 43 heavy (non-hydrogen) atoms. The van der Waals surface area contributed by atoms with E-state index in [0.717, 1.165) is 51.4 Å². The molecular formula is C26H35O2Y15-5. The monoisotopic (exact) mass is 1710 g/mol. The molecule has 3 atom stereocenters. The standard InChI is InChI=1S/C26H35O2.15Y/c1-5-7-9-11-13-14-15-16-17-19-21-23-24(25(27)28-4)26(23,3)22-20-18-12-10-8-6-2;;;;;;;;;;;;;;;/h9-10,15,21-24H,5-6,11-13,16-18H2,1-4H3;;;;;;;;;;;;;;;/q-5;;;;;;;;;;;;;;;. The van der Waals surface area contributed by atoms with Crippen LogP contribution in [-0.2, 0) is 500 Å². The maximum absolute atomic E-state index is 12.1. The molecule has 1 rings (SSSR count). The topological polar surface area (TPSA) is 26.3 Å². The Kier molecular flexibility index (Phi) is 176. The first-order chi connectivity index (χ1) is 13.6. The molecule has 0 N–H and O–H groups in total. The summed E-state index contributed by atoms with van der Waals surface area (Å²) in [5.41, 5.74) is -0.206. The van der Waals surface area contributed by atoms with Crippen molar-refractivity contribution in [2.45, 2.75) is 72.1 Å². The van der Waals surface area contributed by atoms with Crippen LogP contribution in [0.4, 0.5) is 0 Å². The van der Waals surface area contributed by atoms with Gasteiger partial charge in [0.1, 0.15) is 0 Å². The van der Waals surface area contributed by atoms with Crippen LogP contribution >= 0.6 is 0 Å². The molecule has 0 aromatic rings. The Morgan fingerprint density at radius 1 is 0.605 bits per heavy atom. The molecular weight excluding hydrogens is 1680 g/mol. The first-order valence-corrected chi connectivity index (χ1v) is 10.5. The Morgan fingerprint density at radius 3 is 1.33 bits per heavy atom. The first kappa shape index (κ1) is 102. The van der Waals surface area contributed by atoms with Crippen molar-refractivity contribution in [2.75, 3.05) is 7.11 Å². The van der Waals surface area contributed by atoms with E-state index in [0.29, 0.717) is 0 Å². The molecule has 1 aliphatic rings. The molecule has 0 saturated heterocycles. The summed E-state index contributed by atoms with van der Waals surface area (Å²) in [5, 5.41) is 0. The summed E-state index contributed by atoms with van der Waals surface area (Å²) < 4.78 is 4.98. The maximum Gasteiger partial charge on any atom is 0.309 e. The van der Waals surface area contributed by atoms with E-state index in [1.807, 2.05) is 0 Å². The van der Waals surface area contributed by atoms with Gasteiger partial charge >= 0.3 is 5.97 Å². The van der Waals surface area contributed by atoms with Crippen molar-refractivity contribution >= 4 is 5.97 Å². The average Bonchev–Trinajstić information content (AvgIpc) is 3.29. The molecule has 0 aromatic heterocycles. The van der Waals surface area contributed by atoms with Crippen LogP contribution < -0.4 is 0 Å². The molecule has 0 heterocycles. The number of rotatable bonds is 14. The van der Waals surface area contributed by atoms with E-state index in [1.165, 1.54) is 7.11 Å². The van der Waals surface area contributed by atoms with Gasteiger partial charge in [-0.3, -0.25) is 35.2 Å². The van der Waals surface area contributed by atoms with Crippen molar-refractivity contribution < 1.29 is 500 Å². The molecule has 0 bridgehead atoms. The quantitative estimate of drug-likeness (QED) is 0.116. The fraction of sp³-hybridized carbons (Fsp3) is 0.577.